The molecule has 100 valence electrons. The third-order valence-corrected chi connectivity index (χ3v) is 4.09. The summed E-state index contributed by atoms with van der Waals surface area (Å²) < 4.78 is 6.50. The minimum Gasteiger partial charge on any atom is -0.494 e. The highest BCUT2D eigenvalue weighted by atomic mass is 32.1. The summed E-state index contributed by atoms with van der Waals surface area (Å²) in [4.78, 5) is 12.7. The molecule has 1 aromatic heterocycles. The van der Waals surface area contributed by atoms with E-state index in [1.54, 1.807) is 17.4 Å². The second-order valence-electron chi connectivity index (χ2n) is 4.43. The molecule has 3 aromatic rings. The van der Waals surface area contributed by atoms with Gasteiger partial charge in [-0.2, -0.15) is 0 Å². The molecule has 0 spiro atoms. The average Bonchev–Trinajstić information content (AvgIpc) is 2.95. The van der Waals surface area contributed by atoms with Gasteiger partial charge < -0.3 is 4.74 Å². The maximum atomic E-state index is 12.7. The third-order valence-electron chi connectivity index (χ3n) is 3.13. The molecule has 20 heavy (non-hydrogen) atoms. The molecule has 0 saturated heterocycles. The molecule has 0 atom stereocenters. The van der Waals surface area contributed by atoms with Gasteiger partial charge in [0.05, 0.1) is 6.61 Å². The quantitative estimate of drug-likeness (QED) is 0.657. The molecule has 3 heteroatoms. The zero-order valence-electron chi connectivity index (χ0n) is 11.1. The highest BCUT2D eigenvalue weighted by molar-refractivity contribution is 7.17. The Bertz CT molecular complexity index is 758. The lowest BCUT2D eigenvalue weighted by molar-refractivity contribution is 0.104. The number of carbonyl (C=O) groups excluding carboxylic acids is 1. The number of fused-ring (bicyclic) bond motifs is 1. The van der Waals surface area contributed by atoms with Crippen LogP contribution < -0.4 is 4.74 Å². The van der Waals surface area contributed by atoms with Gasteiger partial charge in [-0.15, -0.1) is 11.3 Å². The van der Waals surface area contributed by atoms with Crippen molar-refractivity contribution in [1.29, 1.82) is 0 Å². The van der Waals surface area contributed by atoms with Crippen molar-refractivity contribution in [2.24, 2.45) is 0 Å². The Labute approximate surface area is 121 Å². The Morgan fingerprint density at radius 2 is 2.00 bits per heavy atom. The van der Waals surface area contributed by atoms with Crippen LogP contribution in [0, 0.1) is 0 Å². The molecular formula is C17H14O2S. The molecule has 0 fully saturated rings. The molecule has 3 rings (SSSR count). The first kappa shape index (κ1) is 12.9. The zero-order chi connectivity index (χ0) is 13.9. The number of ether oxygens (including phenoxy) is 1. The third kappa shape index (κ3) is 2.32. The van der Waals surface area contributed by atoms with Gasteiger partial charge in [0.25, 0.3) is 0 Å². The second kappa shape index (κ2) is 5.47. The van der Waals surface area contributed by atoms with Crippen LogP contribution in [0.2, 0.25) is 0 Å². The van der Waals surface area contributed by atoms with Crippen molar-refractivity contribution in [3.8, 4) is 5.75 Å². The normalized spacial score (nSPS) is 10.7. The molecule has 0 N–H and O–H groups in total. The van der Waals surface area contributed by atoms with E-state index in [-0.39, 0.29) is 5.78 Å². The molecule has 0 saturated carbocycles. The SMILES string of the molecule is CCOc1cccc(C(=O)c2cccc3ccsc23)c1. The van der Waals surface area contributed by atoms with Gasteiger partial charge in [0.1, 0.15) is 5.75 Å². The van der Waals surface area contributed by atoms with E-state index in [4.69, 9.17) is 4.74 Å². The van der Waals surface area contributed by atoms with E-state index in [9.17, 15) is 4.79 Å². The van der Waals surface area contributed by atoms with Gasteiger partial charge in [0.2, 0.25) is 0 Å². The van der Waals surface area contributed by atoms with Crippen LogP contribution in [0.25, 0.3) is 10.1 Å². The van der Waals surface area contributed by atoms with Crippen molar-refractivity contribution in [3.05, 3.63) is 65.0 Å². The lowest BCUT2D eigenvalue weighted by Crippen LogP contribution is -2.02. The van der Waals surface area contributed by atoms with Gasteiger partial charge in [0, 0.05) is 15.8 Å². The topological polar surface area (TPSA) is 26.3 Å². The molecule has 0 aliphatic carbocycles. The second-order valence-corrected chi connectivity index (χ2v) is 5.35. The van der Waals surface area contributed by atoms with Crippen LogP contribution in [0.3, 0.4) is 0 Å². The fraction of sp³-hybridized carbons (Fsp3) is 0.118. The minimum atomic E-state index is 0.0413. The summed E-state index contributed by atoms with van der Waals surface area (Å²) in [6, 6.07) is 15.2. The van der Waals surface area contributed by atoms with Crippen molar-refractivity contribution >= 4 is 27.2 Å². The zero-order valence-corrected chi connectivity index (χ0v) is 11.9. The predicted octanol–water partition coefficient (Wildman–Crippen LogP) is 4.53. The van der Waals surface area contributed by atoms with Crippen LogP contribution in [0.5, 0.6) is 5.75 Å². The standard InChI is InChI=1S/C17H14O2S/c1-2-19-14-7-3-6-13(11-14)16(18)15-8-4-5-12-9-10-20-17(12)15/h3-11H,2H2,1H3. The fourth-order valence-corrected chi connectivity index (χ4v) is 3.13. The van der Waals surface area contributed by atoms with Crippen LogP contribution >= 0.6 is 11.3 Å². The maximum absolute atomic E-state index is 12.7. The number of hydrogen-bond donors (Lipinski definition) is 0. The van der Waals surface area contributed by atoms with E-state index < -0.39 is 0 Å². The molecule has 0 aliphatic rings. The summed E-state index contributed by atoms with van der Waals surface area (Å²) in [6.07, 6.45) is 0. The number of thiophene rings is 1. The number of hydrogen-bond acceptors (Lipinski definition) is 3. The lowest BCUT2D eigenvalue weighted by atomic mass is 10.0. The molecule has 0 aliphatic heterocycles. The first-order valence-corrected chi connectivity index (χ1v) is 7.41. The summed E-state index contributed by atoms with van der Waals surface area (Å²) in [5, 5.41) is 3.12. The Morgan fingerprint density at radius 1 is 1.15 bits per heavy atom. The van der Waals surface area contributed by atoms with Gasteiger partial charge in [-0.3, -0.25) is 4.79 Å². The smallest absolute Gasteiger partial charge is 0.194 e. The van der Waals surface area contributed by atoms with E-state index in [0.717, 1.165) is 21.4 Å². The Hall–Kier alpha value is -2.13. The average molecular weight is 282 g/mol. The van der Waals surface area contributed by atoms with Gasteiger partial charge in [-0.05, 0) is 42.0 Å². The summed E-state index contributed by atoms with van der Waals surface area (Å²) >= 11 is 1.60. The molecule has 0 bridgehead atoms. The van der Waals surface area contributed by atoms with Crippen LogP contribution in [0.15, 0.2) is 53.9 Å². The molecular weight excluding hydrogens is 268 g/mol. The molecule has 2 aromatic carbocycles. The van der Waals surface area contributed by atoms with Crippen LogP contribution in [0.4, 0.5) is 0 Å². The molecule has 0 amide bonds. The number of benzene rings is 2. The Morgan fingerprint density at radius 3 is 2.85 bits per heavy atom. The first-order chi connectivity index (χ1) is 9.79. The van der Waals surface area contributed by atoms with E-state index >= 15 is 0 Å². The van der Waals surface area contributed by atoms with Crippen molar-refractivity contribution < 1.29 is 9.53 Å². The van der Waals surface area contributed by atoms with E-state index in [1.807, 2.05) is 54.8 Å². The van der Waals surface area contributed by atoms with Crippen LogP contribution in [-0.2, 0) is 0 Å². The van der Waals surface area contributed by atoms with Crippen molar-refractivity contribution in [2.75, 3.05) is 6.61 Å². The van der Waals surface area contributed by atoms with Crippen LogP contribution in [-0.4, -0.2) is 12.4 Å². The number of carbonyl (C=O) groups is 1. The van der Waals surface area contributed by atoms with Crippen molar-refractivity contribution in [1.82, 2.24) is 0 Å². The van der Waals surface area contributed by atoms with Gasteiger partial charge in [-0.1, -0.05) is 24.3 Å². The minimum absolute atomic E-state index is 0.0413. The van der Waals surface area contributed by atoms with Crippen LogP contribution in [0.1, 0.15) is 22.8 Å². The molecule has 2 nitrogen and oxygen atoms in total. The van der Waals surface area contributed by atoms with Crippen molar-refractivity contribution in [3.63, 3.8) is 0 Å². The number of rotatable bonds is 4. The summed E-state index contributed by atoms with van der Waals surface area (Å²) in [5.74, 6) is 0.774. The van der Waals surface area contributed by atoms with Crippen molar-refractivity contribution in [2.45, 2.75) is 6.92 Å². The summed E-state index contributed by atoms with van der Waals surface area (Å²) in [5.41, 5.74) is 1.42. The molecule has 0 unspecified atom stereocenters. The Kier molecular flexibility index (Phi) is 3.52. The largest absolute Gasteiger partial charge is 0.494 e. The van der Waals surface area contributed by atoms with E-state index in [0.29, 0.717) is 12.2 Å². The maximum Gasteiger partial charge on any atom is 0.194 e. The van der Waals surface area contributed by atoms with Gasteiger partial charge in [-0.25, -0.2) is 0 Å². The molecule has 1 heterocycles. The molecule has 0 radical (unpaired) electrons. The lowest BCUT2D eigenvalue weighted by Gasteiger charge is -2.06. The summed E-state index contributed by atoms with van der Waals surface area (Å²) in [7, 11) is 0. The highest BCUT2D eigenvalue weighted by Crippen LogP contribution is 2.27. The van der Waals surface area contributed by atoms with Gasteiger partial charge in [0.15, 0.2) is 5.78 Å². The van der Waals surface area contributed by atoms with E-state index in [2.05, 4.69) is 0 Å². The monoisotopic (exact) mass is 282 g/mol. The first-order valence-electron chi connectivity index (χ1n) is 6.53. The predicted molar refractivity (Wildman–Crippen MR) is 82.9 cm³/mol. The Balaban J connectivity index is 2.04. The van der Waals surface area contributed by atoms with Gasteiger partial charge >= 0.3 is 0 Å². The van der Waals surface area contributed by atoms with E-state index in [1.165, 1.54) is 0 Å². The number of ketones is 1. The summed E-state index contributed by atoms with van der Waals surface area (Å²) in [6.45, 7) is 2.53. The fourth-order valence-electron chi connectivity index (χ4n) is 2.22. The highest BCUT2D eigenvalue weighted by Gasteiger charge is 2.13.